The second-order valence-electron chi connectivity index (χ2n) is 3.77. The van der Waals surface area contributed by atoms with Crippen LogP contribution in [-0.4, -0.2) is 4.98 Å². The van der Waals surface area contributed by atoms with Gasteiger partial charge in [-0.05, 0) is 46.3 Å². The molecule has 0 saturated heterocycles. The molecule has 1 heterocycles. The molecule has 0 aliphatic rings. The smallest absolute Gasteiger partial charge is 0.228 e. The van der Waals surface area contributed by atoms with Gasteiger partial charge in [-0.3, -0.25) is 5.11 Å². The summed E-state index contributed by atoms with van der Waals surface area (Å²) < 4.78 is 7.48. The zero-order chi connectivity index (χ0) is 12.7. The Hall–Kier alpha value is -1.33. The lowest BCUT2D eigenvalue weighted by Crippen LogP contribution is -1.79. The number of halogens is 2. The number of rotatable bonds is 1. The summed E-state index contributed by atoms with van der Waals surface area (Å²) in [6.07, 6.45) is 0. The molecule has 0 bridgehead atoms. The van der Waals surface area contributed by atoms with Crippen molar-refractivity contribution in [2.45, 2.75) is 0 Å². The average Bonchev–Trinajstić information content (AvgIpc) is 2.71. The van der Waals surface area contributed by atoms with Gasteiger partial charge in [-0.2, -0.15) is 0 Å². The van der Waals surface area contributed by atoms with Crippen molar-refractivity contribution in [1.82, 2.24) is 4.98 Å². The van der Waals surface area contributed by atoms with Crippen molar-refractivity contribution >= 4 is 43.0 Å². The van der Waals surface area contributed by atoms with Crippen molar-refractivity contribution in [3.8, 4) is 17.2 Å². The quantitative estimate of drug-likeness (QED) is 0.596. The fourth-order valence-corrected chi connectivity index (χ4v) is 2.90. The molecule has 1 aromatic heterocycles. The van der Waals surface area contributed by atoms with Gasteiger partial charge in [0.2, 0.25) is 5.89 Å². The highest BCUT2D eigenvalue weighted by molar-refractivity contribution is 9.11. The van der Waals surface area contributed by atoms with E-state index in [2.05, 4.69) is 36.8 Å². The fourth-order valence-electron chi connectivity index (χ4n) is 1.69. The van der Waals surface area contributed by atoms with Gasteiger partial charge in [-0.15, -0.1) is 0 Å². The first-order valence-electron chi connectivity index (χ1n) is 5.16. The minimum atomic E-state index is -0.0720. The normalized spacial score (nSPS) is 11.0. The minimum Gasteiger partial charge on any atom is -0.436 e. The maximum atomic E-state index is 11.2. The molecule has 0 saturated carbocycles. The Kier molecular flexibility index (Phi) is 2.87. The van der Waals surface area contributed by atoms with Crippen LogP contribution in [0.4, 0.5) is 0 Å². The summed E-state index contributed by atoms with van der Waals surface area (Å²) in [5, 5.41) is 11.2. The van der Waals surface area contributed by atoms with Crippen LogP contribution in [-0.2, 0) is 5.11 Å². The summed E-state index contributed by atoms with van der Waals surface area (Å²) in [7, 11) is 0. The van der Waals surface area contributed by atoms with E-state index in [0.717, 1.165) is 14.5 Å². The van der Waals surface area contributed by atoms with Crippen LogP contribution in [0.25, 0.3) is 22.6 Å². The van der Waals surface area contributed by atoms with Crippen molar-refractivity contribution in [2.75, 3.05) is 0 Å². The van der Waals surface area contributed by atoms with Crippen LogP contribution in [0.1, 0.15) is 0 Å². The number of oxazole rings is 1. The van der Waals surface area contributed by atoms with Gasteiger partial charge in [0.15, 0.2) is 11.3 Å². The van der Waals surface area contributed by atoms with Crippen molar-refractivity contribution in [3.05, 3.63) is 45.3 Å². The molecule has 0 fully saturated rings. The zero-order valence-corrected chi connectivity index (χ0v) is 12.2. The Morgan fingerprint density at radius 1 is 1.06 bits per heavy atom. The summed E-state index contributed by atoms with van der Waals surface area (Å²) in [6, 6.07) is 10.3. The molecule has 3 aromatic rings. The predicted octanol–water partition coefficient (Wildman–Crippen LogP) is 5.16. The Labute approximate surface area is 120 Å². The van der Waals surface area contributed by atoms with Crippen LogP contribution in [0.2, 0.25) is 0 Å². The fraction of sp³-hybridized carbons (Fsp3) is 0. The maximum absolute atomic E-state index is 11.2. The van der Waals surface area contributed by atoms with Crippen LogP contribution in [0.15, 0.2) is 49.8 Å². The Morgan fingerprint density at radius 3 is 2.67 bits per heavy atom. The summed E-state index contributed by atoms with van der Waals surface area (Å²) in [6.45, 7) is 0. The maximum Gasteiger partial charge on any atom is 0.228 e. The number of nitrogens with zero attached hydrogens (tertiary/aromatic N) is 1. The molecule has 3 rings (SSSR count). The number of fused-ring (bicyclic) bond motifs is 1. The third kappa shape index (κ3) is 2.04. The highest BCUT2D eigenvalue weighted by Gasteiger charge is 2.12. The van der Waals surface area contributed by atoms with Crippen LogP contribution < -0.4 is 0 Å². The van der Waals surface area contributed by atoms with E-state index >= 15 is 0 Å². The van der Waals surface area contributed by atoms with Gasteiger partial charge >= 0.3 is 0 Å². The molecule has 0 amide bonds. The number of hydrogen-bond acceptors (Lipinski definition) is 2. The molecular formula is C13H6Br2NO2. The van der Waals surface area contributed by atoms with E-state index in [0.29, 0.717) is 17.0 Å². The molecule has 0 unspecified atom stereocenters. The van der Waals surface area contributed by atoms with Gasteiger partial charge in [-0.1, -0.05) is 15.9 Å². The second kappa shape index (κ2) is 4.40. The SMILES string of the molecule is [O]c1ccc2oc(-c3ccc(Br)cc3Br)nc2c1. The van der Waals surface area contributed by atoms with Crippen LogP contribution in [0, 0.1) is 0 Å². The molecule has 0 atom stereocenters. The first-order valence-corrected chi connectivity index (χ1v) is 6.75. The van der Waals surface area contributed by atoms with Gasteiger partial charge in [0, 0.05) is 15.0 Å². The Balaban J connectivity index is 2.19. The number of hydrogen-bond donors (Lipinski definition) is 0. The summed E-state index contributed by atoms with van der Waals surface area (Å²) in [5.41, 5.74) is 2.04. The van der Waals surface area contributed by atoms with E-state index in [-0.39, 0.29) is 5.75 Å². The average molecular weight is 368 g/mol. The third-order valence-electron chi connectivity index (χ3n) is 2.52. The molecule has 0 N–H and O–H groups in total. The van der Waals surface area contributed by atoms with E-state index in [4.69, 9.17) is 4.42 Å². The molecule has 0 aliphatic carbocycles. The van der Waals surface area contributed by atoms with E-state index in [9.17, 15) is 5.11 Å². The lowest BCUT2D eigenvalue weighted by atomic mass is 10.2. The van der Waals surface area contributed by atoms with E-state index < -0.39 is 0 Å². The number of benzene rings is 2. The standard InChI is InChI=1S/C13H6Br2NO2/c14-7-1-3-9(10(15)5-7)13-16-11-6-8(17)2-4-12(11)18-13/h1-6H. The lowest BCUT2D eigenvalue weighted by molar-refractivity contribution is 0.355. The van der Waals surface area contributed by atoms with Gasteiger partial charge < -0.3 is 4.42 Å². The van der Waals surface area contributed by atoms with E-state index in [1.54, 1.807) is 6.07 Å². The Bertz CT molecular complexity index is 737. The van der Waals surface area contributed by atoms with Crippen molar-refractivity contribution < 1.29 is 9.52 Å². The first kappa shape index (κ1) is 11.7. The highest BCUT2D eigenvalue weighted by atomic mass is 79.9. The van der Waals surface area contributed by atoms with Crippen molar-refractivity contribution in [3.63, 3.8) is 0 Å². The molecule has 2 aromatic carbocycles. The Morgan fingerprint density at radius 2 is 1.89 bits per heavy atom. The molecule has 89 valence electrons. The summed E-state index contributed by atoms with van der Waals surface area (Å²) in [5.74, 6) is 0.423. The van der Waals surface area contributed by atoms with Crippen LogP contribution >= 0.6 is 31.9 Å². The van der Waals surface area contributed by atoms with Gasteiger partial charge in [0.25, 0.3) is 0 Å². The summed E-state index contributed by atoms with van der Waals surface area (Å²) in [4.78, 5) is 4.32. The third-order valence-corrected chi connectivity index (χ3v) is 3.67. The first-order chi connectivity index (χ1) is 8.63. The van der Waals surface area contributed by atoms with E-state index in [1.807, 2.05) is 18.2 Å². The molecule has 0 spiro atoms. The highest BCUT2D eigenvalue weighted by Crippen LogP contribution is 2.32. The van der Waals surface area contributed by atoms with Crippen molar-refractivity contribution in [2.24, 2.45) is 0 Å². The summed E-state index contributed by atoms with van der Waals surface area (Å²) >= 11 is 6.85. The molecule has 18 heavy (non-hydrogen) atoms. The molecule has 5 heteroatoms. The second-order valence-corrected chi connectivity index (χ2v) is 5.54. The number of aromatic nitrogens is 1. The molecular weight excluding hydrogens is 362 g/mol. The van der Waals surface area contributed by atoms with Gasteiger partial charge in [-0.25, -0.2) is 4.98 Å². The predicted molar refractivity (Wildman–Crippen MR) is 75.0 cm³/mol. The molecule has 0 aliphatic heterocycles. The minimum absolute atomic E-state index is 0.0720. The van der Waals surface area contributed by atoms with Gasteiger partial charge in [0.1, 0.15) is 5.52 Å². The van der Waals surface area contributed by atoms with Crippen LogP contribution in [0.5, 0.6) is 5.75 Å². The monoisotopic (exact) mass is 366 g/mol. The zero-order valence-electron chi connectivity index (χ0n) is 8.98. The molecule has 3 nitrogen and oxygen atoms in total. The largest absolute Gasteiger partial charge is 0.436 e. The van der Waals surface area contributed by atoms with Crippen molar-refractivity contribution in [1.29, 1.82) is 0 Å². The van der Waals surface area contributed by atoms with E-state index in [1.165, 1.54) is 12.1 Å². The lowest BCUT2D eigenvalue weighted by Gasteiger charge is -1.99. The van der Waals surface area contributed by atoms with Crippen LogP contribution in [0.3, 0.4) is 0 Å². The molecule has 1 radical (unpaired) electrons. The topological polar surface area (TPSA) is 45.9 Å². The van der Waals surface area contributed by atoms with Gasteiger partial charge in [0.05, 0.1) is 5.56 Å².